The number of ether oxygens (including phenoxy) is 1. The van der Waals surface area contributed by atoms with Crippen LogP contribution in [0.25, 0.3) is 0 Å². The molecule has 0 aliphatic rings. The lowest BCUT2D eigenvalue weighted by Gasteiger charge is -2.04. The fourth-order valence-corrected chi connectivity index (χ4v) is 1.52. The number of benzene rings is 1. The van der Waals surface area contributed by atoms with E-state index in [1.807, 2.05) is 12.1 Å². The van der Waals surface area contributed by atoms with Gasteiger partial charge in [0, 0.05) is 0 Å². The van der Waals surface area contributed by atoms with E-state index in [-0.39, 0.29) is 5.75 Å². The van der Waals surface area contributed by atoms with Crippen molar-refractivity contribution in [1.82, 2.24) is 0 Å². The average Bonchev–Trinajstić information content (AvgIpc) is 2.39. The zero-order valence-corrected chi connectivity index (χ0v) is 11.9. The fourth-order valence-electron chi connectivity index (χ4n) is 1.52. The molecule has 0 aromatic heterocycles. The maximum atomic E-state index is 9.25. The van der Waals surface area contributed by atoms with Crippen molar-refractivity contribution in [3.05, 3.63) is 36.4 Å². The monoisotopic (exact) mass is 250 g/mol. The van der Waals surface area contributed by atoms with Gasteiger partial charge in [-0.15, -0.1) is 6.58 Å². The first-order valence-electron chi connectivity index (χ1n) is 6.66. The molecule has 1 rings (SSSR count). The Bertz CT molecular complexity index is 328. The summed E-state index contributed by atoms with van der Waals surface area (Å²) in [6, 6.07) is 5.27. The molecule has 18 heavy (non-hydrogen) atoms. The van der Waals surface area contributed by atoms with Crippen molar-refractivity contribution in [2.45, 2.75) is 46.0 Å². The standard InChI is InChI=1S/C10H12O2.C6H14/c1-3-4-8-5-6-9(11)10(7-8)12-2;1-3-5-6-4-2/h3,5-7,11H,1,4H2,2H3;3-6H2,1-2H3. The molecule has 2 heteroatoms. The third-order valence-corrected chi connectivity index (χ3v) is 2.58. The highest BCUT2D eigenvalue weighted by atomic mass is 16.5. The molecule has 0 spiro atoms. The number of rotatable bonds is 6. The minimum Gasteiger partial charge on any atom is -0.504 e. The number of unbranched alkanes of at least 4 members (excludes halogenated alkanes) is 3. The van der Waals surface area contributed by atoms with E-state index in [2.05, 4.69) is 20.4 Å². The molecule has 0 aliphatic heterocycles. The smallest absolute Gasteiger partial charge is 0.160 e. The summed E-state index contributed by atoms with van der Waals surface area (Å²) >= 11 is 0. The van der Waals surface area contributed by atoms with E-state index in [0.717, 1.165) is 12.0 Å². The van der Waals surface area contributed by atoms with Crippen LogP contribution in [0.1, 0.15) is 45.1 Å². The summed E-state index contributed by atoms with van der Waals surface area (Å²) in [4.78, 5) is 0. The lowest BCUT2D eigenvalue weighted by Crippen LogP contribution is -1.86. The van der Waals surface area contributed by atoms with E-state index < -0.39 is 0 Å². The molecule has 2 nitrogen and oxygen atoms in total. The molecular formula is C16H26O2. The molecule has 0 bridgehead atoms. The molecule has 0 radical (unpaired) electrons. The topological polar surface area (TPSA) is 29.5 Å². The normalized spacial score (nSPS) is 9.28. The first kappa shape index (κ1) is 16.6. The summed E-state index contributed by atoms with van der Waals surface area (Å²) < 4.78 is 4.95. The molecule has 0 unspecified atom stereocenters. The van der Waals surface area contributed by atoms with Gasteiger partial charge >= 0.3 is 0 Å². The summed E-state index contributed by atoms with van der Waals surface area (Å²) in [5.41, 5.74) is 1.08. The van der Waals surface area contributed by atoms with Crippen molar-refractivity contribution in [2.75, 3.05) is 7.11 Å². The van der Waals surface area contributed by atoms with Gasteiger partial charge < -0.3 is 9.84 Å². The molecule has 1 aromatic rings. The molecule has 102 valence electrons. The fraction of sp³-hybridized carbons (Fsp3) is 0.500. The van der Waals surface area contributed by atoms with Crippen LogP contribution in [0, 0.1) is 0 Å². The Hall–Kier alpha value is -1.44. The summed E-state index contributed by atoms with van der Waals surface area (Å²) in [6.45, 7) is 8.09. The van der Waals surface area contributed by atoms with Crippen LogP contribution in [0.4, 0.5) is 0 Å². The third kappa shape index (κ3) is 7.00. The molecule has 0 amide bonds. The predicted molar refractivity (Wildman–Crippen MR) is 78.4 cm³/mol. The molecule has 1 aromatic carbocycles. The molecule has 0 saturated heterocycles. The Morgan fingerprint density at radius 2 is 1.83 bits per heavy atom. The van der Waals surface area contributed by atoms with Crippen molar-refractivity contribution in [3.63, 3.8) is 0 Å². The first-order chi connectivity index (χ1) is 8.69. The van der Waals surface area contributed by atoms with Crippen LogP contribution in [-0.2, 0) is 6.42 Å². The van der Waals surface area contributed by atoms with Crippen LogP contribution in [0.3, 0.4) is 0 Å². The van der Waals surface area contributed by atoms with Gasteiger partial charge in [0.15, 0.2) is 11.5 Å². The summed E-state index contributed by atoms with van der Waals surface area (Å²) in [5.74, 6) is 0.680. The SMILES string of the molecule is C=CCc1ccc(O)c(OC)c1.CCCCCC. The highest BCUT2D eigenvalue weighted by Crippen LogP contribution is 2.26. The van der Waals surface area contributed by atoms with Crippen molar-refractivity contribution in [3.8, 4) is 11.5 Å². The Balaban J connectivity index is 0.000000411. The van der Waals surface area contributed by atoms with E-state index in [1.54, 1.807) is 12.1 Å². The molecule has 1 N–H and O–H groups in total. The Kier molecular flexibility index (Phi) is 9.84. The van der Waals surface area contributed by atoms with Crippen LogP contribution in [-0.4, -0.2) is 12.2 Å². The number of allylic oxidation sites excluding steroid dienone is 1. The van der Waals surface area contributed by atoms with Crippen LogP contribution < -0.4 is 4.74 Å². The van der Waals surface area contributed by atoms with Gasteiger partial charge in [-0.05, 0) is 24.1 Å². The Labute approximate surface area is 111 Å². The van der Waals surface area contributed by atoms with Gasteiger partial charge in [0.2, 0.25) is 0 Å². The van der Waals surface area contributed by atoms with Gasteiger partial charge in [0.25, 0.3) is 0 Å². The minimum atomic E-state index is 0.172. The van der Waals surface area contributed by atoms with Gasteiger partial charge in [-0.3, -0.25) is 0 Å². The van der Waals surface area contributed by atoms with Gasteiger partial charge in [-0.2, -0.15) is 0 Å². The van der Waals surface area contributed by atoms with Crippen molar-refractivity contribution in [2.24, 2.45) is 0 Å². The van der Waals surface area contributed by atoms with Crippen LogP contribution in [0.15, 0.2) is 30.9 Å². The van der Waals surface area contributed by atoms with E-state index in [9.17, 15) is 5.11 Å². The van der Waals surface area contributed by atoms with Crippen molar-refractivity contribution >= 4 is 0 Å². The van der Waals surface area contributed by atoms with E-state index in [1.165, 1.54) is 32.8 Å². The molecule has 0 aliphatic carbocycles. The zero-order chi connectivity index (χ0) is 13.8. The lowest BCUT2D eigenvalue weighted by atomic mass is 10.1. The van der Waals surface area contributed by atoms with Crippen molar-refractivity contribution < 1.29 is 9.84 Å². The number of hydrogen-bond acceptors (Lipinski definition) is 2. The number of aromatic hydroxyl groups is 1. The van der Waals surface area contributed by atoms with Crippen LogP contribution >= 0.6 is 0 Å². The van der Waals surface area contributed by atoms with Crippen molar-refractivity contribution in [1.29, 1.82) is 0 Å². The Morgan fingerprint density at radius 1 is 1.22 bits per heavy atom. The van der Waals surface area contributed by atoms with Gasteiger partial charge in [0.1, 0.15) is 0 Å². The molecule has 0 fully saturated rings. The van der Waals surface area contributed by atoms with Gasteiger partial charge in [0.05, 0.1) is 7.11 Å². The maximum absolute atomic E-state index is 9.25. The lowest BCUT2D eigenvalue weighted by molar-refractivity contribution is 0.373. The van der Waals surface area contributed by atoms with Gasteiger partial charge in [-0.1, -0.05) is 51.7 Å². The molecule has 0 saturated carbocycles. The molecule has 0 heterocycles. The highest BCUT2D eigenvalue weighted by Gasteiger charge is 2.00. The average molecular weight is 250 g/mol. The van der Waals surface area contributed by atoms with E-state index >= 15 is 0 Å². The largest absolute Gasteiger partial charge is 0.504 e. The second-order valence-corrected chi connectivity index (χ2v) is 4.21. The quantitative estimate of drug-likeness (QED) is 0.585. The third-order valence-electron chi connectivity index (χ3n) is 2.58. The number of phenols is 1. The molecular weight excluding hydrogens is 224 g/mol. The van der Waals surface area contributed by atoms with Gasteiger partial charge in [-0.25, -0.2) is 0 Å². The Morgan fingerprint density at radius 3 is 2.28 bits per heavy atom. The highest BCUT2D eigenvalue weighted by molar-refractivity contribution is 5.42. The number of methoxy groups -OCH3 is 1. The maximum Gasteiger partial charge on any atom is 0.160 e. The predicted octanol–water partition coefficient (Wildman–Crippen LogP) is 4.72. The van der Waals surface area contributed by atoms with E-state index in [0.29, 0.717) is 5.75 Å². The summed E-state index contributed by atoms with van der Waals surface area (Å²) in [6.07, 6.45) is 8.14. The van der Waals surface area contributed by atoms with E-state index in [4.69, 9.17) is 4.74 Å². The molecule has 0 atom stereocenters. The first-order valence-corrected chi connectivity index (χ1v) is 6.66. The van der Waals surface area contributed by atoms with Crippen LogP contribution in [0.5, 0.6) is 11.5 Å². The van der Waals surface area contributed by atoms with Crippen LogP contribution in [0.2, 0.25) is 0 Å². The summed E-state index contributed by atoms with van der Waals surface area (Å²) in [5, 5.41) is 9.25. The minimum absolute atomic E-state index is 0.172. The zero-order valence-electron chi connectivity index (χ0n) is 11.9. The second kappa shape index (κ2) is 10.7. The second-order valence-electron chi connectivity index (χ2n) is 4.21. The number of phenolic OH excluding ortho intramolecular Hbond substituents is 1. The number of hydrogen-bond donors (Lipinski definition) is 1. The summed E-state index contributed by atoms with van der Waals surface area (Å²) in [7, 11) is 1.53.